The number of aliphatic hydroxyl groups excluding tert-OH is 1. The van der Waals surface area contributed by atoms with Crippen molar-refractivity contribution in [3.8, 4) is 0 Å². The Morgan fingerprint density at radius 2 is 2.00 bits per heavy atom. The van der Waals surface area contributed by atoms with Crippen molar-refractivity contribution in [1.29, 1.82) is 0 Å². The van der Waals surface area contributed by atoms with Gasteiger partial charge in [-0.1, -0.05) is 26.0 Å². The number of rotatable bonds is 7. The minimum atomic E-state index is -0.331. The SMILES string of the molecule is CC1COCCN1C[C@H]1CN[C@H](C)CN1CC(=O)N1CC(C)(C)c2nc(CO)c(Cc3ccc(F)cc3)cc21. The predicted molar refractivity (Wildman–Crippen MR) is 149 cm³/mol. The summed E-state index contributed by atoms with van der Waals surface area (Å²) in [6.45, 7) is 14.3. The molecule has 9 heteroatoms. The van der Waals surface area contributed by atoms with Crippen molar-refractivity contribution in [2.45, 2.75) is 64.3 Å². The maximum atomic E-state index is 13.9. The minimum Gasteiger partial charge on any atom is -0.390 e. The third-order valence-corrected chi connectivity index (χ3v) is 8.43. The van der Waals surface area contributed by atoms with E-state index in [9.17, 15) is 14.3 Å². The van der Waals surface area contributed by atoms with Gasteiger partial charge in [-0.05, 0) is 49.6 Å². The smallest absolute Gasteiger partial charge is 0.241 e. The Labute approximate surface area is 231 Å². The van der Waals surface area contributed by atoms with Gasteiger partial charge in [-0.15, -0.1) is 0 Å². The van der Waals surface area contributed by atoms with Crippen LogP contribution in [0.15, 0.2) is 30.3 Å². The third-order valence-electron chi connectivity index (χ3n) is 8.43. The van der Waals surface area contributed by atoms with Crippen LogP contribution in [-0.4, -0.2) is 96.4 Å². The standard InChI is InChI=1S/C30H42FN5O3/c1-20-14-35(25(13-32-20)15-34-9-10-39-18-21(34)2)16-28(38)36-19-30(3,4)29-27(36)12-23(26(17-37)33-29)11-22-5-7-24(31)8-6-22/h5-8,12,20-21,25,32,37H,9-11,13-19H2,1-4H3/t20-,21?,25-/m1/s1. The van der Waals surface area contributed by atoms with Crippen LogP contribution in [0.4, 0.5) is 10.1 Å². The van der Waals surface area contributed by atoms with Gasteiger partial charge in [0.05, 0.1) is 43.4 Å². The minimum absolute atomic E-state index is 0.0715. The summed E-state index contributed by atoms with van der Waals surface area (Å²) in [5, 5.41) is 13.7. The van der Waals surface area contributed by atoms with Gasteiger partial charge in [-0.25, -0.2) is 4.39 Å². The number of morpholine rings is 1. The topological polar surface area (TPSA) is 81.2 Å². The number of pyridine rings is 1. The second-order valence-electron chi connectivity index (χ2n) is 12.1. The predicted octanol–water partition coefficient (Wildman–Crippen LogP) is 2.31. The molecule has 8 nitrogen and oxygen atoms in total. The molecule has 1 unspecified atom stereocenters. The molecule has 2 N–H and O–H groups in total. The molecule has 0 radical (unpaired) electrons. The van der Waals surface area contributed by atoms with Gasteiger partial charge < -0.3 is 20.1 Å². The maximum Gasteiger partial charge on any atom is 0.241 e. The van der Waals surface area contributed by atoms with Gasteiger partial charge in [0.15, 0.2) is 0 Å². The first kappa shape index (κ1) is 28.1. The molecule has 1 aromatic carbocycles. The molecule has 2 saturated heterocycles. The second-order valence-corrected chi connectivity index (χ2v) is 12.1. The summed E-state index contributed by atoms with van der Waals surface area (Å²) >= 11 is 0. The number of anilines is 1. The number of nitrogens with zero attached hydrogens (tertiary/aromatic N) is 4. The Hall–Kier alpha value is -2.43. The fourth-order valence-electron chi connectivity index (χ4n) is 6.14. The monoisotopic (exact) mass is 539 g/mol. The highest BCUT2D eigenvalue weighted by molar-refractivity contribution is 5.97. The van der Waals surface area contributed by atoms with Crippen molar-refractivity contribution in [2.24, 2.45) is 0 Å². The molecule has 1 aromatic heterocycles. The number of amides is 1. The summed E-state index contributed by atoms with van der Waals surface area (Å²) < 4.78 is 19.1. The largest absolute Gasteiger partial charge is 0.390 e. The number of aliphatic hydroxyl groups is 1. The van der Waals surface area contributed by atoms with Crippen molar-refractivity contribution in [3.63, 3.8) is 0 Å². The average molecular weight is 540 g/mol. The number of nitrogens with one attached hydrogen (secondary N) is 1. The van der Waals surface area contributed by atoms with Crippen LogP contribution in [0.3, 0.4) is 0 Å². The fourth-order valence-corrected chi connectivity index (χ4v) is 6.14. The maximum absolute atomic E-state index is 13.9. The molecule has 3 atom stereocenters. The number of hydrogen-bond donors (Lipinski definition) is 2. The molecule has 212 valence electrons. The van der Waals surface area contributed by atoms with E-state index in [-0.39, 0.29) is 29.8 Å². The summed E-state index contributed by atoms with van der Waals surface area (Å²) in [6.07, 6.45) is 0.508. The highest BCUT2D eigenvalue weighted by Gasteiger charge is 2.41. The lowest BCUT2D eigenvalue weighted by Crippen LogP contribution is -2.62. The number of carbonyl (C=O) groups excluding carboxylic acids is 1. The van der Waals surface area contributed by atoms with Crippen molar-refractivity contribution in [1.82, 2.24) is 20.1 Å². The number of halogens is 1. The lowest BCUT2D eigenvalue weighted by molar-refractivity contribution is -0.121. The van der Waals surface area contributed by atoms with Crippen molar-refractivity contribution >= 4 is 11.6 Å². The molecule has 0 spiro atoms. The number of carbonyl (C=O) groups is 1. The quantitative estimate of drug-likeness (QED) is 0.559. The van der Waals surface area contributed by atoms with Crippen LogP contribution in [0.5, 0.6) is 0 Å². The van der Waals surface area contributed by atoms with Crippen LogP contribution >= 0.6 is 0 Å². The zero-order valence-corrected chi connectivity index (χ0v) is 23.6. The summed E-state index contributed by atoms with van der Waals surface area (Å²) in [7, 11) is 0. The molecule has 5 rings (SSSR count). The Morgan fingerprint density at radius 3 is 2.72 bits per heavy atom. The molecule has 3 aliphatic rings. The zero-order chi connectivity index (χ0) is 27.7. The summed E-state index contributed by atoms with van der Waals surface area (Å²) in [5.41, 5.74) is 3.72. The van der Waals surface area contributed by atoms with Crippen molar-refractivity contribution < 1.29 is 19.0 Å². The number of benzene rings is 1. The van der Waals surface area contributed by atoms with Gasteiger partial charge in [0.25, 0.3) is 0 Å². The molecule has 3 aliphatic heterocycles. The van der Waals surface area contributed by atoms with E-state index in [4.69, 9.17) is 9.72 Å². The first-order chi connectivity index (χ1) is 18.6. The van der Waals surface area contributed by atoms with E-state index in [2.05, 4.69) is 42.8 Å². The molecular formula is C30H42FN5O3. The van der Waals surface area contributed by atoms with E-state index >= 15 is 0 Å². The Bertz CT molecular complexity index is 1170. The fraction of sp³-hybridized carbons (Fsp3) is 0.600. The summed E-state index contributed by atoms with van der Waals surface area (Å²) in [5.74, 6) is -0.211. The normalized spacial score (nSPS) is 25.6. The molecule has 2 aromatic rings. The summed E-state index contributed by atoms with van der Waals surface area (Å²) in [6, 6.07) is 9.31. The van der Waals surface area contributed by atoms with E-state index in [1.807, 2.05) is 11.0 Å². The lowest BCUT2D eigenvalue weighted by atomic mass is 9.90. The number of aromatic nitrogens is 1. The molecule has 0 bridgehead atoms. The van der Waals surface area contributed by atoms with Gasteiger partial charge in [-0.2, -0.15) is 0 Å². The number of piperazine rings is 1. The van der Waals surface area contributed by atoms with Crippen LogP contribution in [-0.2, 0) is 28.0 Å². The molecule has 0 saturated carbocycles. The number of ether oxygens (including phenoxy) is 1. The first-order valence-electron chi connectivity index (χ1n) is 14.1. The number of hydrogen-bond acceptors (Lipinski definition) is 7. The van der Waals surface area contributed by atoms with E-state index in [0.717, 1.165) is 61.9 Å². The van der Waals surface area contributed by atoms with E-state index in [1.54, 1.807) is 12.1 Å². The van der Waals surface area contributed by atoms with Crippen molar-refractivity contribution in [3.05, 3.63) is 58.7 Å². The first-order valence-corrected chi connectivity index (χ1v) is 14.1. The second kappa shape index (κ2) is 11.6. The Morgan fingerprint density at radius 1 is 1.23 bits per heavy atom. The molecular weight excluding hydrogens is 497 g/mol. The van der Waals surface area contributed by atoms with Gasteiger partial charge in [-0.3, -0.25) is 19.6 Å². The molecule has 0 aliphatic carbocycles. The Balaban J connectivity index is 1.37. The number of fused-ring (bicyclic) bond motifs is 1. The van der Waals surface area contributed by atoms with Crippen LogP contribution in [0.2, 0.25) is 0 Å². The highest BCUT2D eigenvalue weighted by Crippen LogP contribution is 2.41. The van der Waals surface area contributed by atoms with E-state index < -0.39 is 0 Å². The highest BCUT2D eigenvalue weighted by atomic mass is 19.1. The molecule has 1 amide bonds. The van der Waals surface area contributed by atoms with Gasteiger partial charge >= 0.3 is 0 Å². The van der Waals surface area contributed by atoms with Gasteiger partial charge in [0, 0.05) is 56.3 Å². The van der Waals surface area contributed by atoms with Gasteiger partial charge in [0.2, 0.25) is 5.91 Å². The zero-order valence-electron chi connectivity index (χ0n) is 23.6. The third kappa shape index (κ3) is 6.18. The lowest BCUT2D eigenvalue weighted by Gasteiger charge is -2.43. The molecule has 4 heterocycles. The van der Waals surface area contributed by atoms with E-state index in [0.29, 0.717) is 37.3 Å². The van der Waals surface area contributed by atoms with Crippen molar-refractivity contribution in [2.75, 3.05) is 57.4 Å². The van der Waals surface area contributed by atoms with Crippen LogP contribution in [0.1, 0.15) is 50.2 Å². The van der Waals surface area contributed by atoms with Crippen LogP contribution in [0.25, 0.3) is 0 Å². The molecule has 2 fully saturated rings. The Kier molecular flexibility index (Phi) is 8.35. The van der Waals surface area contributed by atoms with Crippen LogP contribution < -0.4 is 10.2 Å². The van der Waals surface area contributed by atoms with Crippen LogP contribution in [0, 0.1) is 5.82 Å². The summed E-state index contributed by atoms with van der Waals surface area (Å²) in [4.78, 5) is 25.5. The van der Waals surface area contributed by atoms with E-state index in [1.165, 1.54) is 12.1 Å². The molecule has 39 heavy (non-hydrogen) atoms. The average Bonchev–Trinajstić information content (AvgIpc) is 3.17. The van der Waals surface area contributed by atoms with Gasteiger partial charge in [0.1, 0.15) is 5.82 Å².